The minimum atomic E-state index is -3.44. The van der Waals surface area contributed by atoms with Crippen molar-refractivity contribution < 1.29 is 22.7 Å². The second-order valence-electron chi connectivity index (χ2n) is 5.72. The number of carbonyl (C=O) groups excluding carboxylic acids is 1. The zero-order chi connectivity index (χ0) is 18.6. The van der Waals surface area contributed by atoms with Crippen molar-refractivity contribution in [2.45, 2.75) is 18.7 Å². The van der Waals surface area contributed by atoms with E-state index in [1.807, 2.05) is 32.0 Å². The zero-order valence-electron chi connectivity index (χ0n) is 14.2. The minimum absolute atomic E-state index is 0.00957. The van der Waals surface area contributed by atoms with Gasteiger partial charge >= 0.3 is 5.97 Å². The molecular weight excluding hydrogens is 364 g/mol. The monoisotopic (exact) mass is 382 g/mol. The number of hydrogen-bond donors (Lipinski definition) is 0. The highest BCUT2D eigenvalue weighted by molar-refractivity contribution is 7.90. The molecule has 2 aromatic carbocycles. The number of aryl methyl sites for hydroxylation is 2. The molecule has 2 aromatic rings. The Morgan fingerprint density at radius 3 is 2.28 bits per heavy atom. The number of carbonyl (C=O) groups is 1. The second kappa shape index (κ2) is 7.89. The zero-order valence-corrected chi connectivity index (χ0v) is 15.8. The van der Waals surface area contributed by atoms with Gasteiger partial charge in [0, 0.05) is 6.26 Å². The van der Waals surface area contributed by atoms with Gasteiger partial charge in [0.15, 0.2) is 9.84 Å². The van der Waals surface area contributed by atoms with Gasteiger partial charge in [0.2, 0.25) is 0 Å². The molecule has 0 aliphatic carbocycles. The van der Waals surface area contributed by atoms with Gasteiger partial charge in [-0.1, -0.05) is 17.7 Å². The van der Waals surface area contributed by atoms with Crippen molar-refractivity contribution >= 4 is 27.4 Å². The smallest absolute Gasteiger partial charge is 0.339 e. The molecule has 0 fully saturated rings. The van der Waals surface area contributed by atoms with Gasteiger partial charge < -0.3 is 9.47 Å². The molecule has 0 unspecified atom stereocenters. The van der Waals surface area contributed by atoms with Gasteiger partial charge in [0.1, 0.15) is 19.0 Å². The SMILES string of the molecule is Cc1cc(C)cc(OCCOC(=O)c2cc(S(C)(=O)=O)ccc2Cl)c1. The molecule has 2 rings (SSSR count). The van der Waals surface area contributed by atoms with E-state index in [1.54, 1.807) is 0 Å². The van der Waals surface area contributed by atoms with E-state index in [0.29, 0.717) is 5.75 Å². The van der Waals surface area contributed by atoms with Crippen molar-refractivity contribution in [3.8, 4) is 5.75 Å². The normalized spacial score (nSPS) is 11.2. The van der Waals surface area contributed by atoms with Crippen molar-refractivity contribution in [3.63, 3.8) is 0 Å². The van der Waals surface area contributed by atoms with E-state index in [0.717, 1.165) is 17.4 Å². The Labute approximate surface area is 152 Å². The van der Waals surface area contributed by atoms with Crippen molar-refractivity contribution in [2.24, 2.45) is 0 Å². The molecule has 0 N–H and O–H groups in total. The van der Waals surface area contributed by atoms with Crippen LogP contribution in [0.4, 0.5) is 0 Å². The van der Waals surface area contributed by atoms with Gasteiger partial charge in [-0.3, -0.25) is 0 Å². The van der Waals surface area contributed by atoms with E-state index in [1.165, 1.54) is 18.2 Å². The summed E-state index contributed by atoms with van der Waals surface area (Å²) in [4.78, 5) is 12.1. The van der Waals surface area contributed by atoms with E-state index in [2.05, 4.69) is 0 Å². The fourth-order valence-electron chi connectivity index (χ4n) is 2.28. The summed E-state index contributed by atoms with van der Waals surface area (Å²) in [5, 5.41) is 0.132. The van der Waals surface area contributed by atoms with E-state index >= 15 is 0 Å². The fourth-order valence-corrected chi connectivity index (χ4v) is 3.12. The largest absolute Gasteiger partial charge is 0.490 e. The summed E-state index contributed by atoms with van der Waals surface area (Å²) >= 11 is 5.96. The average Bonchev–Trinajstić information content (AvgIpc) is 2.49. The number of benzene rings is 2. The molecule has 0 saturated heterocycles. The number of halogens is 1. The molecule has 0 spiro atoms. The third-order valence-corrected chi connectivity index (χ3v) is 4.81. The van der Waals surface area contributed by atoms with Crippen LogP contribution in [-0.2, 0) is 14.6 Å². The van der Waals surface area contributed by atoms with E-state index < -0.39 is 15.8 Å². The predicted octanol–water partition coefficient (Wildman–Crippen LogP) is 3.60. The molecular formula is C18H19ClO5S. The standard InChI is InChI=1S/C18H19ClO5S/c1-12-8-13(2)10-14(9-12)23-6-7-24-18(20)16-11-15(25(3,21)22)4-5-17(16)19/h4-5,8-11H,6-7H2,1-3H3. The van der Waals surface area contributed by atoms with E-state index in [4.69, 9.17) is 21.1 Å². The molecule has 25 heavy (non-hydrogen) atoms. The molecule has 0 heterocycles. The summed E-state index contributed by atoms with van der Waals surface area (Å²) in [6.07, 6.45) is 1.06. The molecule has 5 nitrogen and oxygen atoms in total. The number of sulfone groups is 1. The first-order valence-corrected chi connectivity index (χ1v) is 9.81. The first-order chi connectivity index (χ1) is 11.7. The van der Waals surface area contributed by atoms with Gasteiger partial charge in [-0.15, -0.1) is 0 Å². The Kier molecular flexibility index (Phi) is 6.08. The average molecular weight is 383 g/mol. The topological polar surface area (TPSA) is 69.7 Å². The van der Waals surface area contributed by atoms with Crippen LogP contribution in [0.15, 0.2) is 41.3 Å². The summed E-state index contributed by atoms with van der Waals surface area (Å²) in [6.45, 7) is 4.14. The van der Waals surface area contributed by atoms with Crippen LogP contribution in [0.3, 0.4) is 0 Å². The lowest BCUT2D eigenvalue weighted by Gasteiger charge is -2.10. The lowest BCUT2D eigenvalue weighted by Crippen LogP contribution is -2.13. The molecule has 0 aliphatic rings. The van der Waals surface area contributed by atoms with Crippen LogP contribution >= 0.6 is 11.6 Å². The molecule has 0 radical (unpaired) electrons. The summed E-state index contributed by atoms with van der Waals surface area (Å²) in [5.74, 6) is 0.00479. The van der Waals surface area contributed by atoms with Gasteiger partial charge in [-0.2, -0.15) is 0 Å². The number of hydrogen-bond acceptors (Lipinski definition) is 5. The van der Waals surface area contributed by atoms with Crippen LogP contribution in [0, 0.1) is 13.8 Å². The Balaban J connectivity index is 1.96. The van der Waals surface area contributed by atoms with Crippen LogP contribution in [0.2, 0.25) is 5.02 Å². The third kappa shape index (κ3) is 5.47. The summed E-state index contributed by atoms with van der Waals surface area (Å²) < 4.78 is 33.8. The van der Waals surface area contributed by atoms with Gasteiger partial charge in [-0.05, 0) is 55.3 Å². The van der Waals surface area contributed by atoms with Gasteiger partial charge in [0.05, 0.1) is 15.5 Å². The number of ether oxygens (including phenoxy) is 2. The molecule has 0 saturated carbocycles. The van der Waals surface area contributed by atoms with Crippen LogP contribution in [0.1, 0.15) is 21.5 Å². The van der Waals surface area contributed by atoms with Crippen molar-refractivity contribution in [1.82, 2.24) is 0 Å². The highest BCUT2D eigenvalue weighted by Crippen LogP contribution is 2.21. The van der Waals surface area contributed by atoms with E-state index in [9.17, 15) is 13.2 Å². The summed E-state index contributed by atoms with van der Waals surface area (Å²) in [5.41, 5.74) is 2.17. The maximum Gasteiger partial charge on any atom is 0.339 e. The molecule has 0 aromatic heterocycles. The van der Waals surface area contributed by atoms with Crippen LogP contribution < -0.4 is 4.74 Å². The van der Waals surface area contributed by atoms with Crippen molar-refractivity contribution in [2.75, 3.05) is 19.5 Å². The second-order valence-corrected chi connectivity index (χ2v) is 8.14. The first kappa shape index (κ1) is 19.3. The molecule has 0 aliphatic heterocycles. The van der Waals surface area contributed by atoms with Gasteiger partial charge in [0.25, 0.3) is 0 Å². The predicted molar refractivity (Wildman–Crippen MR) is 96.3 cm³/mol. The van der Waals surface area contributed by atoms with Crippen LogP contribution in [0.5, 0.6) is 5.75 Å². The third-order valence-electron chi connectivity index (χ3n) is 3.37. The Morgan fingerprint density at radius 1 is 1.04 bits per heavy atom. The highest BCUT2D eigenvalue weighted by atomic mass is 35.5. The van der Waals surface area contributed by atoms with E-state index in [-0.39, 0.29) is 28.7 Å². The number of rotatable bonds is 6. The molecule has 7 heteroatoms. The minimum Gasteiger partial charge on any atom is -0.490 e. The Bertz CT molecular complexity index is 870. The summed E-state index contributed by atoms with van der Waals surface area (Å²) in [6, 6.07) is 9.73. The maximum atomic E-state index is 12.1. The maximum absolute atomic E-state index is 12.1. The molecule has 0 amide bonds. The Hall–Kier alpha value is -2.05. The quantitative estimate of drug-likeness (QED) is 0.564. The van der Waals surface area contributed by atoms with Crippen molar-refractivity contribution in [3.05, 3.63) is 58.1 Å². The van der Waals surface area contributed by atoms with Crippen LogP contribution in [-0.4, -0.2) is 33.9 Å². The molecule has 0 atom stereocenters. The van der Waals surface area contributed by atoms with Crippen LogP contribution in [0.25, 0.3) is 0 Å². The van der Waals surface area contributed by atoms with Gasteiger partial charge in [-0.25, -0.2) is 13.2 Å². The number of esters is 1. The lowest BCUT2D eigenvalue weighted by atomic mass is 10.1. The fraction of sp³-hybridized carbons (Fsp3) is 0.278. The first-order valence-electron chi connectivity index (χ1n) is 7.54. The Morgan fingerprint density at radius 2 is 1.68 bits per heavy atom. The molecule has 0 bridgehead atoms. The lowest BCUT2D eigenvalue weighted by molar-refractivity contribution is 0.0450. The van der Waals surface area contributed by atoms with Crippen molar-refractivity contribution in [1.29, 1.82) is 0 Å². The summed E-state index contributed by atoms with van der Waals surface area (Å²) in [7, 11) is -3.44. The highest BCUT2D eigenvalue weighted by Gasteiger charge is 2.16. The molecule has 134 valence electrons.